The number of benzene rings is 1. The highest BCUT2D eigenvalue weighted by atomic mass is 19.4. The lowest BCUT2D eigenvalue weighted by molar-refractivity contribution is -0.138. The molecule has 21 heavy (non-hydrogen) atoms. The van der Waals surface area contributed by atoms with Gasteiger partial charge in [0.2, 0.25) is 0 Å². The molecule has 0 aliphatic heterocycles. The van der Waals surface area contributed by atoms with E-state index in [4.69, 9.17) is 0 Å². The number of aryl methyl sites for hydroxylation is 1. The SMILES string of the molecule is COC(=O)c1ccc(Cn2cnc(C)c2)c(C(F)(F)F)c1. The number of hydrogen-bond acceptors (Lipinski definition) is 3. The first kappa shape index (κ1) is 15.1. The van der Waals surface area contributed by atoms with Crippen molar-refractivity contribution in [2.75, 3.05) is 7.11 Å². The number of imidazole rings is 1. The highest BCUT2D eigenvalue weighted by molar-refractivity contribution is 5.89. The van der Waals surface area contributed by atoms with E-state index in [1.807, 2.05) is 0 Å². The van der Waals surface area contributed by atoms with Crippen LogP contribution >= 0.6 is 0 Å². The molecule has 2 rings (SSSR count). The maximum absolute atomic E-state index is 13.1. The second-order valence-electron chi connectivity index (χ2n) is 4.55. The molecule has 0 radical (unpaired) electrons. The number of methoxy groups -OCH3 is 1. The summed E-state index contributed by atoms with van der Waals surface area (Å²) in [6.45, 7) is 1.78. The lowest BCUT2D eigenvalue weighted by Gasteiger charge is -2.14. The van der Waals surface area contributed by atoms with Crippen molar-refractivity contribution < 1.29 is 22.7 Å². The maximum Gasteiger partial charge on any atom is 0.416 e. The summed E-state index contributed by atoms with van der Waals surface area (Å²) in [7, 11) is 1.12. The van der Waals surface area contributed by atoms with Crippen molar-refractivity contribution in [1.82, 2.24) is 9.55 Å². The minimum atomic E-state index is -4.55. The Bertz CT molecular complexity index is 662. The van der Waals surface area contributed by atoms with Gasteiger partial charge in [-0.05, 0) is 24.6 Å². The Morgan fingerprint density at radius 1 is 1.38 bits per heavy atom. The molecule has 2 aromatic rings. The van der Waals surface area contributed by atoms with Crippen molar-refractivity contribution >= 4 is 5.97 Å². The van der Waals surface area contributed by atoms with Crippen LogP contribution in [0.1, 0.15) is 27.2 Å². The first-order chi connectivity index (χ1) is 9.81. The molecule has 0 bridgehead atoms. The van der Waals surface area contributed by atoms with Crippen molar-refractivity contribution in [3.8, 4) is 0 Å². The Kier molecular flexibility index (Phi) is 4.02. The molecule has 0 atom stereocenters. The van der Waals surface area contributed by atoms with Gasteiger partial charge in [-0.2, -0.15) is 13.2 Å². The molecule has 1 aromatic carbocycles. The smallest absolute Gasteiger partial charge is 0.416 e. The zero-order chi connectivity index (χ0) is 15.6. The molecule has 0 unspecified atom stereocenters. The molecule has 0 spiro atoms. The molecule has 0 saturated heterocycles. The van der Waals surface area contributed by atoms with Crippen LogP contribution in [-0.4, -0.2) is 22.6 Å². The number of nitrogens with zero attached hydrogens (tertiary/aromatic N) is 2. The van der Waals surface area contributed by atoms with E-state index >= 15 is 0 Å². The fourth-order valence-corrected chi connectivity index (χ4v) is 1.98. The van der Waals surface area contributed by atoms with E-state index in [0.717, 1.165) is 18.9 Å². The molecular formula is C14H13F3N2O2. The van der Waals surface area contributed by atoms with E-state index in [-0.39, 0.29) is 17.7 Å². The Morgan fingerprint density at radius 3 is 2.62 bits per heavy atom. The predicted octanol–water partition coefficient (Wildman–Crippen LogP) is 3.05. The van der Waals surface area contributed by atoms with Gasteiger partial charge < -0.3 is 9.30 Å². The summed E-state index contributed by atoms with van der Waals surface area (Å²) < 4.78 is 45.4. The van der Waals surface area contributed by atoms with Gasteiger partial charge in [-0.15, -0.1) is 0 Å². The quantitative estimate of drug-likeness (QED) is 0.818. The highest BCUT2D eigenvalue weighted by Crippen LogP contribution is 2.33. The molecule has 0 N–H and O–H groups in total. The van der Waals surface area contributed by atoms with Crippen molar-refractivity contribution in [2.45, 2.75) is 19.6 Å². The Hall–Kier alpha value is -2.31. The summed E-state index contributed by atoms with van der Waals surface area (Å²) in [6, 6.07) is 3.41. The molecule has 4 nitrogen and oxygen atoms in total. The minimum absolute atomic E-state index is 0.0249. The molecule has 7 heteroatoms. The van der Waals surface area contributed by atoms with E-state index in [9.17, 15) is 18.0 Å². The van der Waals surface area contributed by atoms with Gasteiger partial charge in [-0.25, -0.2) is 9.78 Å². The summed E-state index contributed by atoms with van der Waals surface area (Å²) in [5.74, 6) is -0.800. The van der Waals surface area contributed by atoms with Crippen LogP contribution in [0.5, 0.6) is 0 Å². The normalized spacial score (nSPS) is 11.5. The van der Waals surface area contributed by atoms with Crippen molar-refractivity contribution in [3.05, 3.63) is 53.1 Å². The van der Waals surface area contributed by atoms with Gasteiger partial charge in [0.15, 0.2) is 0 Å². The number of aromatic nitrogens is 2. The van der Waals surface area contributed by atoms with Gasteiger partial charge in [-0.3, -0.25) is 0 Å². The first-order valence-corrected chi connectivity index (χ1v) is 6.08. The average molecular weight is 298 g/mol. The van der Waals surface area contributed by atoms with Crippen LogP contribution in [-0.2, 0) is 17.5 Å². The zero-order valence-corrected chi connectivity index (χ0v) is 11.4. The molecule has 1 heterocycles. The largest absolute Gasteiger partial charge is 0.465 e. The van der Waals surface area contributed by atoms with Crippen LogP contribution in [0.2, 0.25) is 0 Å². The van der Waals surface area contributed by atoms with E-state index in [1.165, 1.54) is 18.5 Å². The molecule has 112 valence electrons. The Morgan fingerprint density at radius 2 is 2.10 bits per heavy atom. The first-order valence-electron chi connectivity index (χ1n) is 6.08. The summed E-state index contributed by atoms with van der Waals surface area (Å²) in [6.07, 6.45) is -1.44. The van der Waals surface area contributed by atoms with Crippen molar-refractivity contribution in [3.63, 3.8) is 0 Å². The van der Waals surface area contributed by atoms with Gasteiger partial charge >= 0.3 is 12.1 Å². The summed E-state index contributed by atoms with van der Waals surface area (Å²) in [5.41, 5.74) is -0.200. The van der Waals surface area contributed by atoms with E-state index < -0.39 is 17.7 Å². The standard InChI is InChI=1S/C14H13F3N2O2/c1-9-6-19(8-18-9)7-11-4-3-10(13(20)21-2)5-12(11)14(15,16)17/h3-6,8H,7H2,1-2H3. The maximum atomic E-state index is 13.1. The van der Waals surface area contributed by atoms with Crippen LogP contribution in [0, 0.1) is 6.92 Å². The van der Waals surface area contributed by atoms with Crippen LogP contribution in [0.25, 0.3) is 0 Å². The van der Waals surface area contributed by atoms with E-state index in [2.05, 4.69) is 9.72 Å². The highest BCUT2D eigenvalue weighted by Gasteiger charge is 2.34. The monoisotopic (exact) mass is 298 g/mol. The zero-order valence-electron chi connectivity index (χ0n) is 11.4. The molecule has 0 fully saturated rings. The second kappa shape index (κ2) is 5.59. The Labute approximate surface area is 119 Å². The predicted molar refractivity (Wildman–Crippen MR) is 68.8 cm³/mol. The third kappa shape index (κ3) is 3.42. The number of alkyl halides is 3. The van der Waals surface area contributed by atoms with Gasteiger partial charge in [0.1, 0.15) is 0 Å². The average Bonchev–Trinajstić information content (AvgIpc) is 2.82. The van der Waals surface area contributed by atoms with Crippen LogP contribution in [0.15, 0.2) is 30.7 Å². The summed E-state index contributed by atoms with van der Waals surface area (Å²) in [5, 5.41) is 0. The Balaban J connectivity index is 2.42. The fraction of sp³-hybridized carbons (Fsp3) is 0.286. The van der Waals surface area contributed by atoms with Gasteiger partial charge in [0, 0.05) is 12.7 Å². The number of ether oxygens (including phenoxy) is 1. The van der Waals surface area contributed by atoms with Crippen LogP contribution in [0.4, 0.5) is 13.2 Å². The number of rotatable bonds is 3. The fourth-order valence-electron chi connectivity index (χ4n) is 1.98. The molecule has 0 aliphatic carbocycles. The number of carbonyl (C=O) groups excluding carboxylic acids is 1. The number of carbonyl (C=O) groups is 1. The third-order valence-electron chi connectivity index (χ3n) is 2.95. The van der Waals surface area contributed by atoms with Crippen molar-refractivity contribution in [2.24, 2.45) is 0 Å². The number of halogens is 3. The second-order valence-corrected chi connectivity index (χ2v) is 4.55. The lowest BCUT2D eigenvalue weighted by Crippen LogP contribution is -2.13. The molecule has 0 amide bonds. The summed E-state index contributed by atoms with van der Waals surface area (Å²) >= 11 is 0. The molecular weight excluding hydrogens is 285 g/mol. The van der Waals surface area contributed by atoms with E-state index in [0.29, 0.717) is 0 Å². The lowest BCUT2D eigenvalue weighted by atomic mass is 10.0. The van der Waals surface area contributed by atoms with Crippen LogP contribution in [0.3, 0.4) is 0 Å². The number of hydrogen-bond donors (Lipinski definition) is 0. The topological polar surface area (TPSA) is 44.1 Å². The summed E-state index contributed by atoms with van der Waals surface area (Å²) in [4.78, 5) is 15.3. The van der Waals surface area contributed by atoms with Gasteiger partial charge in [-0.1, -0.05) is 6.07 Å². The molecule has 1 aromatic heterocycles. The number of esters is 1. The van der Waals surface area contributed by atoms with E-state index in [1.54, 1.807) is 17.7 Å². The molecule has 0 saturated carbocycles. The van der Waals surface area contributed by atoms with Crippen molar-refractivity contribution in [1.29, 1.82) is 0 Å². The third-order valence-corrected chi connectivity index (χ3v) is 2.95. The minimum Gasteiger partial charge on any atom is -0.465 e. The van der Waals surface area contributed by atoms with Crippen LogP contribution < -0.4 is 0 Å². The van der Waals surface area contributed by atoms with Gasteiger partial charge in [0.05, 0.1) is 30.3 Å². The molecule has 0 aliphatic rings. The van der Waals surface area contributed by atoms with Gasteiger partial charge in [0.25, 0.3) is 0 Å².